The molecule has 3 rings (SSSR count). The van der Waals surface area contributed by atoms with E-state index in [4.69, 9.17) is 5.73 Å². The quantitative estimate of drug-likeness (QED) is 0.808. The lowest BCUT2D eigenvalue weighted by atomic mass is 9.74. The van der Waals surface area contributed by atoms with Crippen LogP contribution in [0.25, 0.3) is 0 Å². The summed E-state index contributed by atoms with van der Waals surface area (Å²) in [5.41, 5.74) is 10.00. The fourth-order valence-electron chi connectivity index (χ4n) is 4.30. The second-order valence-corrected chi connectivity index (χ2v) is 7.80. The van der Waals surface area contributed by atoms with Gasteiger partial charge >= 0.3 is 0 Å². The van der Waals surface area contributed by atoms with Crippen LogP contribution >= 0.6 is 0 Å². The Morgan fingerprint density at radius 3 is 2.53 bits per heavy atom. The van der Waals surface area contributed by atoms with Crippen LogP contribution in [0.4, 0.5) is 0 Å². The second kappa shape index (κ2) is 4.37. The molecule has 0 radical (unpaired) electrons. The molecule has 2 nitrogen and oxygen atoms in total. The van der Waals surface area contributed by atoms with Gasteiger partial charge in [0.1, 0.15) is 0 Å². The molecule has 1 aromatic heterocycles. The standard InChI is InChI=1S/C17H28N2/c1-16(2)11-14(18)13-7-10-19(15(13)12-16)17(3)8-5-4-6-9-17/h7,10,14H,4-6,8-9,11-12,18H2,1-3H3. The summed E-state index contributed by atoms with van der Waals surface area (Å²) in [6.07, 6.45) is 11.4. The first-order valence-corrected chi connectivity index (χ1v) is 7.88. The molecule has 2 N–H and O–H groups in total. The number of rotatable bonds is 1. The van der Waals surface area contributed by atoms with E-state index in [0.717, 1.165) is 6.42 Å². The highest BCUT2D eigenvalue weighted by molar-refractivity contribution is 5.31. The Labute approximate surface area is 117 Å². The van der Waals surface area contributed by atoms with Crippen molar-refractivity contribution < 1.29 is 0 Å². The van der Waals surface area contributed by atoms with Crippen molar-refractivity contribution in [3.05, 3.63) is 23.5 Å². The minimum absolute atomic E-state index is 0.229. The van der Waals surface area contributed by atoms with Crippen LogP contribution in [0.1, 0.15) is 76.6 Å². The predicted octanol–water partition coefficient (Wildman–Crippen LogP) is 4.14. The van der Waals surface area contributed by atoms with Gasteiger partial charge in [0.25, 0.3) is 0 Å². The summed E-state index contributed by atoms with van der Waals surface area (Å²) in [5, 5.41) is 0. The number of hydrogen-bond donors (Lipinski definition) is 1. The van der Waals surface area contributed by atoms with Crippen molar-refractivity contribution in [3.63, 3.8) is 0 Å². The van der Waals surface area contributed by atoms with Crippen molar-refractivity contribution in [2.75, 3.05) is 0 Å². The van der Waals surface area contributed by atoms with Crippen LogP contribution in [-0.4, -0.2) is 4.57 Å². The predicted molar refractivity (Wildman–Crippen MR) is 80.2 cm³/mol. The van der Waals surface area contributed by atoms with Crippen LogP contribution in [0, 0.1) is 5.41 Å². The maximum absolute atomic E-state index is 6.39. The summed E-state index contributed by atoms with van der Waals surface area (Å²) in [4.78, 5) is 0. The number of nitrogens with two attached hydrogens (primary N) is 1. The van der Waals surface area contributed by atoms with Gasteiger partial charge in [-0.1, -0.05) is 33.1 Å². The Balaban J connectivity index is 2.01. The average molecular weight is 260 g/mol. The van der Waals surface area contributed by atoms with Gasteiger partial charge in [0.15, 0.2) is 0 Å². The Morgan fingerprint density at radius 2 is 1.84 bits per heavy atom. The van der Waals surface area contributed by atoms with Gasteiger partial charge < -0.3 is 10.3 Å². The highest BCUT2D eigenvalue weighted by Crippen LogP contribution is 2.44. The van der Waals surface area contributed by atoms with Gasteiger partial charge in [-0.25, -0.2) is 0 Å². The molecular formula is C17H28N2. The van der Waals surface area contributed by atoms with Crippen molar-refractivity contribution in [3.8, 4) is 0 Å². The molecule has 1 heterocycles. The van der Waals surface area contributed by atoms with Crippen LogP contribution in [0.15, 0.2) is 12.3 Å². The molecule has 106 valence electrons. The highest BCUT2D eigenvalue weighted by Gasteiger charge is 2.37. The van der Waals surface area contributed by atoms with Crippen LogP contribution in [0.5, 0.6) is 0 Å². The molecule has 2 aliphatic rings. The first kappa shape index (κ1) is 13.2. The van der Waals surface area contributed by atoms with Crippen LogP contribution in [-0.2, 0) is 12.0 Å². The lowest BCUT2D eigenvalue weighted by Gasteiger charge is -2.41. The van der Waals surface area contributed by atoms with E-state index < -0.39 is 0 Å². The highest BCUT2D eigenvalue weighted by atomic mass is 15.1. The summed E-state index contributed by atoms with van der Waals surface area (Å²) in [6.45, 7) is 7.16. The summed E-state index contributed by atoms with van der Waals surface area (Å²) >= 11 is 0. The number of hydrogen-bond acceptors (Lipinski definition) is 1. The fourth-order valence-corrected chi connectivity index (χ4v) is 4.30. The van der Waals surface area contributed by atoms with Crippen molar-refractivity contribution in [1.29, 1.82) is 0 Å². The average Bonchev–Trinajstić information content (AvgIpc) is 2.72. The normalized spacial score (nSPS) is 28.9. The molecule has 0 bridgehead atoms. The summed E-state index contributed by atoms with van der Waals surface area (Å²) in [6, 6.07) is 2.52. The number of nitrogens with zero attached hydrogens (tertiary/aromatic N) is 1. The molecule has 2 aliphatic carbocycles. The zero-order valence-corrected chi connectivity index (χ0v) is 12.7. The van der Waals surface area contributed by atoms with Crippen molar-refractivity contribution in [1.82, 2.24) is 4.57 Å². The fraction of sp³-hybridized carbons (Fsp3) is 0.765. The zero-order valence-electron chi connectivity index (χ0n) is 12.7. The molecule has 1 saturated carbocycles. The minimum Gasteiger partial charge on any atom is -0.345 e. The van der Waals surface area contributed by atoms with E-state index in [0.29, 0.717) is 11.0 Å². The Bertz CT molecular complexity index is 464. The summed E-state index contributed by atoms with van der Waals surface area (Å²) in [5.74, 6) is 0. The van der Waals surface area contributed by atoms with Gasteiger partial charge in [-0.2, -0.15) is 0 Å². The topological polar surface area (TPSA) is 30.9 Å². The third-order valence-corrected chi connectivity index (χ3v) is 5.36. The minimum atomic E-state index is 0.229. The molecule has 0 amide bonds. The molecule has 19 heavy (non-hydrogen) atoms. The summed E-state index contributed by atoms with van der Waals surface area (Å²) < 4.78 is 2.59. The van der Waals surface area contributed by atoms with Crippen molar-refractivity contribution in [2.24, 2.45) is 11.1 Å². The third kappa shape index (κ3) is 2.24. The van der Waals surface area contributed by atoms with Crippen molar-refractivity contribution in [2.45, 2.75) is 77.3 Å². The monoisotopic (exact) mass is 260 g/mol. The van der Waals surface area contributed by atoms with E-state index in [-0.39, 0.29) is 6.04 Å². The SMILES string of the molecule is CC1(C)Cc2c(ccn2C2(C)CCCCC2)C(N)C1. The Morgan fingerprint density at radius 1 is 1.16 bits per heavy atom. The first-order valence-electron chi connectivity index (χ1n) is 7.88. The van der Waals surface area contributed by atoms with Gasteiger partial charge in [-0.05, 0) is 49.7 Å². The maximum Gasteiger partial charge on any atom is 0.0414 e. The molecule has 1 unspecified atom stereocenters. The molecule has 1 fully saturated rings. The van der Waals surface area contributed by atoms with Gasteiger partial charge in [-0.3, -0.25) is 0 Å². The summed E-state index contributed by atoms with van der Waals surface area (Å²) in [7, 11) is 0. The van der Waals surface area contributed by atoms with Crippen LogP contribution in [0.2, 0.25) is 0 Å². The largest absolute Gasteiger partial charge is 0.345 e. The lowest BCUT2D eigenvalue weighted by Crippen LogP contribution is -2.37. The molecule has 0 spiro atoms. The Kier molecular flexibility index (Phi) is 3.05. The molecule has 0 aromatic carbocycles. The lowest BCUT2D eigenvalue weighted by molar-refractivity contribution is 0.199. The van der Waals surface area contributed by atoms with E-state index in [1.165, 1.54) is 49.8 Å². The number of aromatic nitrogens is 1. The zero-order chi connectivity index (χ0) is 13.7. The van der Waals surface area contributed by atoms with Gasteiger partial charge in [-0.15, -0.1) is 0 Å². The number of fused-ring (bicyclic) bond motifs is 1. The molecule has 1 atom stereocenters. The van der Waals surface area contributed by atoms with E-state index in [1.54, 1.807) is 0 Å². The van der Waals surface area contributed by atoms with E-state index >= 15 is 0 Å². The molecule has 0 saturated heterocycles. The molecular weight excluding hydrogens is 232 g/mol. The van der Waals surface area contributed by atoms with E-state index in [2.05, 4.69) is 37.6 Å². The first-order chi connectivity index (χ1) is 8.91. The van der Waals surface area contributed by atoms with Gasteiger partial charge in [0.2, 0.25) is 0 Å². The van der Waals surface area contributed by atoms with Crippen LogP contribution in [0.3, 0.4) is 0 Å². The third-order valence-electron chi connectivity index (χ3n) is 5.36. The smallest absolute Gasteiger partial charge is 0.0414 e. The van der Waals surface area contributed by atoms with Crippen molar-refractivity contribution >= 4 is 0 Å². The van der Waals surface area contributed by atoms with Gasteiger partial charge in [0, 0.05) is 23.5 Å². The second-order valence-electron chi connectivity index (χ2n) is 7.80. The maximum atomic E-state index is 6.39. The van der Waals surface area contributed by atoms with E-state index in [1.807, 2.05) is 0 Å². The Hall–Kier alpha value is -0.760. The van der Waals surface area contributed by atoms with E-state index in [9.17, 15) is 0 Å². The molecule has 1 aromatic rings. The molecule has 2 heteroatoms. The molecule has 0 aliphatic heterocycles. The van der Waals surface area contributed by atoms with Crippen LogP contribution < -0.4 is 5.73 Å². The van der Waals surface area contributed by atoms with Gasteiger partial charge in [0.05, 0.1) is 0 Å².